The number of benzene rings is 6. The van der Waals surface area contributed by atoms with E-state index in [4.69, 9.17) is 0 Å². The Hall–Kier alpha value is -6.10. The van der Waals surface area contributed by atoms with E-state index in [0.717, 1.165) is 41.7 Å². The van der Waals surface area contributed by atoms with Crippen molar-refractivity contribution in [2.75, 3.05) is 35.1 Å². The molecule has 6 aromatic carbocycles. The topological polar surface area (TPSA) is 48.7 Å². The number of allylic oxidation sites excluding steroid dienone is 1. The van der Waals surface area contributed by atoms with Crippen molar-refractivity contribution in [3.63, 3.8) is 0 Å². The van der Waals surface area contributed by atoms with Crippen molar-refractivity contribution >= 4 is 22.7 Å². The number of hydrogen-bond acceptors (Lipinski definition) is 5. The zero-order valence-corrected chi connectivity index (χ0v) is 35.3. The van der Waals surface area contributed by atoms with Gasteiger partial charge in [0.2, 0.25) is 0 Å². The zero-order chi connectivity index (χ0) is 39.0. The maximum absolute atomic E-state index is 3.91. The molecule has 0 unspecified atom stereocenters. The second-order valence-corrected chi connectivity index (χ2v) is 14.0. The van der Waals surface area contributed by atoms with Gasteiger partial charge in [-0.15, -0.1) is 59.7 Å². The predicted octanol–water partition coefficient (Wildman–Crippen LogP) is 11.0. The molecule has 0 aliphatic carbocycles. The molecule has 2 aliphatic heterocycles. The second kappa shape index (κ2) is 18.7. The first-order chi connectivity index (χ1) is 27.3. The number of hydrogen-bond donors (Lipinski definition) is 1. The van der Waals surface area contributed by atoms with Crippen molar-refractivity contribution in [3.05, 3.63) is 199 Å². The summed E-state index contributed by atoms with van der Waals surface area (Å²) in [5.41, 5.74) is 18.0. The molecule has 0 radical (unpaired) electrons. The molecule has 1 N–H and O–H groups in total. The molecule has 7 heteroatoms. The first kappa shape index (κ1) is 40.6. The van der Waals surface area contributed by atoms with Gasteiger partial charge in [-0.3, -0.25) is 0 Å². The average molecular weight is 926 g/mol. The van der Waals surface area contributed by atoms with Crippen LogP contribution in [0.3, 0.4) is 0 Å². The molecule has 3 heterocycles. The number of aryl methyl sites for hydroxylation is 4. The van der Waals surface area contributed by atoms with Gasteiger partial charge >= 0.3 is 21.1 Å². The van der Waals surface area contributed by atoms with Crippen molar-refractivity contribution in [1.82, 2.24) is 15.5 Å². The molecule has 0 saturated carbocycles. The molecule has 6 nitrogen and oxygen atoms in total. The largest absolute Gasteiger partial charge is 4.00 e. The standard InChI is InChI=1S/C22H21N2.C19H19N2.C9H6N2.Pt/c1-16-8-6-9-17(2)22(16)18-10-7-11-19(14-18)24-15-23(3)20-12-4-5-13-21(20)24;1-4-17-12-20-13-21(17)18-10-6-9-16(11-18)19-14(2)7-5-8-15(19)3;1-2-4-8(5-3-1)9-6-7-10-11-9;/h4-10,12-14H,15H2,1-3H3;4-9,11-12,20H,1,13H2,2-3H3;1-4,6-7H;/q2*-1;-2;+4. The molecule has 0 atom stereocenters. The summed E-state index contributed by atoms with van der Waals surface area (Å²) in [6.07, 6.45) is 5.52. The van der Waals surface area contributed by atoms with Gasteiger partial charge in [0.15, 0.2) is 0 Å². The van der Waals surface area contributed by atoms with Crippen LogP contribution in [-0.4, -0.2) is 25.5 Å². The van der Waals surface area contributed by atoms with Crippen LogP contribution in [0.4, 0.5) is 22.7 Å². The minimum Gasteiger partial charge on any atom is -0.619 e. The van der Waals surface area contributed by atoms with Crippen molar-refractivity contribution in [2.24, 2.45) is 0 Å². The molecule has 0 saturated heterocycles. The van der Waals surface area contributed by atoms with Crippen molar-refractivity contribution < 1.29 is 21.1 Å². The van der Waals surface area contributed by atoms with Gasteiger partial charge in [-0.05, 0) is 85.5 Å². The summed E-state index contributed by atoms with van der Waals surface area (Å²) < 4.78 is 0. The van der Waals surface area contributed by atoms with E-state index in [1.54, 1.807) is 6.20 Å². The van der Waals surface area contributed by atoms with Crippen LogP contribution in [0.5, 0.6) is 0 Å². The molecule has 286 valence electrons. The molecule has 9 rings (SSSR count). The number of rotatable bonds is 6. The predicted molar refractivity (Wildman–Crippen MR) is 233 cm³/mol. The minimum atomic E-state index is 0. The molecule has 57 heavy (non-hydrogen) atoms. The molecule has 0 bridgehead atoms. The Balaban J connectivity index is 0.000000152. The summed E-state index contributed by atoms with van der Waals surface area (Å²) in [6.45, 7) is 14.1. The fourth-order valence-electron chi connectivity index (χ4n) is 7.39. The van der Waals surface area contributed by atoms with E-state index >= 15 is 0 Å². The van der Waals surface area contributed by atoms with Gasteiger partial charge < -0.3 is 30.2 Å². The van der Waals surface area contributed by atoms with Crippen LogP contribution in [0.25, 0.3) is 33.5 Å². The smallest absolute Gasteiger partial charge is 0.619 e. The number of aromatic nitrogens is 2. The third kappa shape index (κ3) is 9.14. The van der Waals surface area contributed by atoms with E-state index in [0.29, 0.717) is 0 Å². The number of fused-ring (bicyclic) bond motifs is 1. The summed E-state index contributed by atoms with van der Waals surface area (Å²) in [5.74, 6) is 0. The summed E-state index contributed by atoms with van der Waals surface area (Å²) in [6, 6.07) is 53.6. The Labute approximate surface area is 352 Å². The van der Waals surface area contributed by atoms with Gasteiger partial charge in [0.25, 0.3) is 0 Å². The normalized spacial score (nSPS) is 12.6. The van der Waals surface area contributed by atoms with Crippen LogP contribution in [0.1, 0.15) is 22.3 Å². The summed E-state index contributed by atoms with van der Waals surface area (Å²) in [5, 5.41) is 10.9. The maximum atomic E-state index is 3.91. The molecule has 0 amide bonds. The number of nitrogens with one attached hydrogen (secondary N) is 1. The molecule has 0 fully saturated rings. The van der Waals surface area contributed by atoms with Crippen LogP contribution in [-0.2, 0) is 21.1 Å². The van der Waals surface area contributed by atoms with Gasteiger partial charge in [-0.25, -0.2) is 5.69 Å². The Morgan fingerprint density at radius 3 is 1.79 bits per heavy atom. The van der Waals surface area contributed by atoms with Crippen LogP contribution in [0.15, 0.2) is 158 Å². The quantitative estimate of drug-likeness (QED) is 0.168. The number of para-hydroxylation sites is 2. The van der Waals surface area contributed by atoms with E-state index in [9.17, 15) is 0 Å². The van der Waals surface area contributed by atoms with Gasteiger partial charge in [-0.2, -0.15) is 42.0 Å². The van der Waals surface area contributed by atoms with Crippen LogP contribution in [0.2, 0.25) is 0 Å². The fraction of sp³-hybridized carbons (Fsp3) is 0.140. The Kier molecular flexibility index (Phi) is 13.3. The number of anilines is 4. The first-order valence-electron chi connectivity index (χ1n) is 18.8. The molecule has 7 aromatic rings. The van der Waals surface area contributed by atoms with Gasteiger partial charge in [0.05, 0.1) is 30.4 Å². The van der Waals surface area contributed by atoms with E-state index in [1.807, 2.05) is 54.7 Å². The zero-order valence-electron chi connectivity index (χ0n) is 33.0. The van der Waals surface area contributed by atoms with E-state index in [-0.39, 0.29) is 21.1 Å². The van der Waals surface area contributed by atoms with Crippen molar-refractivity contribution in [3.8, 4) is 33.5 Å². The van der Waals surface area contributed by atoms with Gasteiger partial charge in [-0.1, -0.05) is 66.5 Å². The summed E-state index contributed by atoms with van der Waals surface area (Å²) in [7, 11) is 2.13. The van der Waals surface area contributed by atoms with Crippen molar-refractivity contribution in [2.45, 2.75) is 27.7 Å². The fourth-order valence-corrected chi connectivity index (χ4v) is 7.39. The average Bonchev–Trinajstić information content (AvgIpc) is 4.01. The molecular formula is C50H46N6Pt. The van der Waals surface area contributed by atoms with Crippen LogP contribution < -0.4 is 25.1 Å². The van der Waals surface area contributed by atoms with E-state index < -0.39 is 0 Å². The van der Waals surface area contributed by atoms with E-state index in [2.05, 4.69) is 175 Å². The van der Waals surface area contributed by atoms with Crippen LogP contribution in [0, 0.1) is 45.9 Å². The SMILES string of the molecule is C=CC1=CNCN1c1[c-]ccc(-c2c(C)cccc2C)c1.Cc1cccc(C)c1-c1cc[c-]c(N2CN(C)c3ccccc32)c1.[Pt+4].[c-]1ccccc1-c1ccn[n-]1. The molecule has 0 spiro atoms. The Bertz CT molecular complexity index is 2410. The third-order valence-electron chi connectivity index (χ3n) is 10.1. The summed E-state index contributed by atoms with van der Waals surface area (Å²) >= 11 is 0. The van der Waals surface area contributed by atoms with Crippen molar-refractivity contribution in [1.29, 1.82) is 0 Å². The van der Waals surface area contributed by atoms with E-state index in [1.165, 1.54) is 55.9 Å². The van der Waals surface area contributed by atoms with Gasteiger partial charge in [0.1, 0.15) is 0 Å². The maximum Gasteiger partial charge on any atom is 4.00 e. The Morgan fingerprint density at radius 1 is 0.667 bits per heavy atom. The molecule has 1 aromatic heterocycles. The van der Waals surface area contributed by atoms with Crippen LogP contribution >= 0.6 is 0 Å². The number of nitrogens with zero attached hydrogens (tertiary/aromatic N) is 5. The Morgan fingerprint density at radius 2 is 1.25 bits per heavy atom. The summed E-state index contributed by atoms with van der Waals surface area (Å²) in [4.78, 5) is 6.77. The first-order valence-corrected chi connectivity index (χ1v) is 18.8. The monoisotopic (exact) mass is 925 g/mol. The molecular weight excluding hydrogens is 880 g/mol. The van der Waals surface area contributed by atoms with Gasteiger partial charge in [0, 0.05) is 13.2 Å². The molecule has 2 aliphatic rings. The second-order valence-electron chi connectivity index (χ2n) is 14.0. The third-order valence-corrected chi connectivity index (χ3v) is 10.1. The minimum absolute atomic E-state index is 0.